The number of fused-ring (bicyclic) bond motifs is 6. The number of carbonyl (C=O) groups excluding carboxylic acids is 2. The van der Waals surface area contributed by atoms with Gasteiger partial charge >= 0.3 is 24.3 Å². The van der Waals surface area contributed by atoms with Gasteiger partial charge in [-0.3, -0.25) is 19.2 Å². The number of hydrogen-bond donors (Lipinski definition) is 4. The second-order valence-corrected chi connectivity index (χ2v) is 27.7. The summed E-state index contributed by atoms with van der Waals surface area (Å²) < 4.78 is 192. The van der Waals surface area contributed by atoms with Crippen molar-refractivity contribution in [2.45, 2.75) is 134 Å². The normalized spacial score (nSPS) is 29.0. The lowest BCUT2D eigenvalue weighted by atomic mass is 9.72. The average Bonchev–Trinajstić information content (AvgIpc) is 3.10. The van der Waals surface area contributed by atoms with E-state index in [2.05, 4.69) is 10.6 Å². The molecule has 4 N–H and O–H groups in total. The minimum Gasteiger partial charge on any atom is -0.481 e. The summed E-state index contributed by atoms with van der Waals surface area (Å²) in [6.07, 6.45) is -7.63. The van der Waals surface area contributed by atoms with Crippen molar-refractivity contribution in [3.05, 3.63) is 130 Å². The van der Waals surface area contributed by atoms with Crippen LogP contribution in [-0.4, -0.2) is 76.2 Å². The number of alkyl halides is 8. The molecule has 10 rings (SSSR count). The first kappa shape index (κ1) is 60.5. The van der Waals surface area contributed by atoms with Crippen LogP contribution >= 0.6 is 0 Å². The van der Waals surface area contributed by atoms with E-state index in [1.807, 2.05) is 0 Å². The molecule has 4 aromatic rings. The smallest absolute Gasteiger partial charge is 0.426 e. The van der Waals surface area contributed by atoms with Gasteiger partial charge in [-0.1, -0.05) is 36.4 Å². The van der Waals surface area contributed by atoms with E-state index in [9.17, 15) is 79.9 Å². The predicted molar refractivity (Wildman–Crippen MR) is 275 cm³/mol. The molecule has 8 atom stereocenters. The minimum atomic E-state index is -5.18. The van der Waals surface area contributed by atoms with Gasteiger partial charge in [-0.05, 0) is 196 Å². The summed E-state index contributed by atoms with van der Waals surface area (Å²) in [5.41, 5.74) is -7.56. The van der Waals surface area contributed by atoms with Gasteiger partial charge in [0.1, 0.15) is 21.1 Å². The molecule has 4 aromatic carbocycles. The number of halogens is 10. The topological polar surface area (TPSA) is 201 Å². The Labute approximate surface area is 466 Å². The highest BCUT2D eigenvalue weighted by Crippen LogP contribution is 2.62. The van der Waals surface area contributed by atoms with Gasteiger partial charge in [0.25, 0.3) is 0 Å². The Morgan fingerprint density at radius 1 is 0.524 bits per heavy atom. The number of amides is 2. The van der Waals surface area contributed by atoms with Gasteiger partial charge in [0.05, 0.1) is 21.6 Å². The van der Waals surface area contributed by atoms with Crippen LogP contribution in [0.5, 0.6) is 0 Å². The predicted octanol–water partition coefficient (Wildman–Crippen LogP) is 10.9. The number of carboxylic acids is 2. The number of carbonyl (C=O) groups is 4. The van der Waals surface area contributed by atoms with Gasteiger partial charge < -0.3 is 20.8 Å². The molecule has 0 heterocycles. The summed E-state index contributed by atoms with van der Waals surface area (Å²) in [4.78, 5) is 48.5. The number of benzene rings is 4. The molecule has 6 aliphatic rings. The van der Waals surface area contributed by atoms with Crippen molar-refractivity contribution >= 4 is 43.4 Å². The molecular formula is C58H60F10N2O10S2. The molecular weight excluding hydrogens is 1140 g/mol. The molecule has 82 heavy (non-hydrogen) atoms. The summed E-state index contributed by atoms with van der Waals surface area (Å²) in [5.74, 6) is -7.59. The van der Waals surface area contributed by atoms with Crippen molar-refractivity contribution in [2.75, 3.05) is 13.1 Å². The van der Waals surface area contributed by atoms with Crippen LogP contribution < -0.4 is 10.6 Å². The molecule has 12 nitrogen and oxygen atoms in total. The van der Waals surface area contributed by atoms with Crippen LogP contribution in [0, 0.1) is 59.0 Å². The molecule has 0 spiro atoms. The maximum Gasteiger partial charge on any atom is 0.426 e. The number of aryl methyl sites for hydroxylation is 2. The fourth-order valence-corrected chi connectivity index (χ4v) is 18.8. The zero-order valence-electron chi connectivity index (χ0n) is 44.4. The highest BCUT2D eigenvalue weighted by Gasteiger charge is 2.64. The Morgan fingerprint density at radius 3 is 1.16 bits per heavy atom. The Balaban J connectivity index is 0.000000198. The van der Waals surface area contributed by atoms with Crippen LogP contribution in [-0.2, 0) is 72.5 Å². The number of carboxylic acid groups (broad SMARTS) is 2. The molecule has 2 amide bonds. The molecule has 2 unspecified atom stereocenters. The molecule has 4 fully saturated rings. The first-order valence-corrected chi connectivity index (χ1v) is 30.0. The van der Waals surface area contributed by atoms with Crippen LogP contribution in [0.4, 0.5) is 43.9 Å². The molecule has 24 heteroatoms. The summed E-state index contributed by atoms with van der Waals surface area (Å²) >= 11 is 0. The van der Waals surface area contributed by atoms with Crippen molar-refractivity contribution in [3.8, 4) is 0 Å². The van der Waals surface area contributed by atoms with E-state index < -0.39 is 123 Å². The third-order valence-electron chi connectivity index (χ3n) is 18.7. The van der Waals surface area contributed by atoms with Gasteiger partial charge in [0, 0.05) is 24.9 Å². The van der Waals surface area contributed by atoms with Crippen LogP contribution in [0.3, 0.4) is 0 Å². The lowest BCUT2D eigenvalue weighted by Crippen LogP contribution is -2.48. The Kier molecular flexibility index (Phi) is 15.9. The highest BCUT2D eigenvalue weighted by molar-refractivity contribution is 7.92. The minimum absolute atomic E-state index is 0.00150. The number of nitrogens with one attached hydrogen (secondary N) is 2. The lowest BCUT2D eigenvalue weighted by Gasteiger charge is -2.42. The number of sulfone groups is 2. The van der Waals surface area contributed by atoms with E-state index in [4.69, 9.17) is 10.2 Å². The maximum atomic E-state index is 14.9. The van der Waals surface area contributed by atoms with Crippen molar-refractivity contribution in [2.24, 2.45) is 47.3 Å². The molecule has 0 aliphatic heterocycles. The van der Waals surface area contributed by atoms with Crippen LogP contribution in [0.2, 0.25) is 0 Å². The molecule has 0 bridgehead atoms. The van der Waals surface area contributed by atoms with Crippen molar-refractivity contribution in [3.63, 3.8) is 0 Å². The lowest BCUT2D eigenvalue weighted by molar-refractivity contribution is -0.229. The third-order valence-corrected chi connectivity index (χ3v) is 23.9. The van der Waals surface area contributed by atoms with E-state index in [0.717, 1.165) is 72.8 Å². The van der Waals surface area contributed by atoms with E-state index in [1.165, 1.54) is 12.1 Å². The highest BCUT2D eigenvalue weighted by atomic mass is 32.2. The fourth-order valence-electron chi connectivity index (χ4n) is 13.9. The van der Waals surface area contributed by atoms with Crippen LogP contribution in [0.25, 0.3) is 0 Å². The first-order chi connectivity index (χ1) is 38.2. The van der Waals surface area contributed by atoms with Crippen LogP contribution in [0.1, 0.15) is 111 Å². The molecule has 4 saturated carbocycles. The van der Waals surface area contributed by atoms with Crippen LogP contribution in [0.15, 0.2) is 94.7 Å². The van der Waals surface area contributed by atoms with Gasteiger partial charge in [-0.25, -0.2) is 34.4 Å². The zero-order chi connectivity index (χ0) is 59.9. The Morgan fingerprint density at radius 2 is 0.854 bits per heavy atom. The standard InChI is InChI=1S/2C29H30F5NO5S/c2*1-27(31,29(32,33)34)19-3-9-23-17(14-19)2-8-24-22(25(36)35-15-16-12-18(13-16)26(37)38)10-11-28(23,24)41(39,40)21-6-4-20(30)5-7-21/h2*3-7,9,14,16,18,22,24H,2,8,10-13,15H2,1H3,(H,35,36)(H,37,38)/t2*16?,18?,22-,24+,27?,28-/m11/s1. The molecule has 6 aliphatic carbocycles. The summed E-state index contributed by atoms with van der Waals surface area (Å²) in [6, 6.07) is 15.1. The molecule has 0 radical (unpaired) electrons. The van der Waals surface area contributed by atoms with Crippen molar-refractivity contribution in [1.29, 1.82) is 0 Å². The van der Waals surface area contributed by atoms with E-state index in [1.54, 1.807) is 0 Å². The average molecular weight is 1200 g/mol. The quantitative estimate of drug-likeness (QED) is 0.0695. The molecule has 444 valence electrons. The fraction of sp³-hybridized carbons (Fsp3) is 0.517. The van der Waals surface area contributed by atoms with Gasteiger partial charge in [0.15, 0.2) is 19.7 Å². The van der Waals surface area contributed by atoms with Gasteiger partial charge in [0.2, 0.25) is 23.2 Å². The second kappa shape index (κ2) is 21.5. The zero-order valence-corrected chi connectivity index (χ0v) is 46.0. The monoisotopic (exact) mass is 1200 g/mol. The summed E-state index contributed by atoms with van der Waals surface area (Å²) in [6.45, 7) is 1.36. The van der Waals surface area contributed by atoms with Crippen molar-refractivity contribution < 1.29 is 90.1 Å². The number of rotatable bonds is 14. The van der Waals surface area contributed by atoms with Gasteiger partial charge in [-0.2, -0.15) is 26.3 Å². The molecule has 0 aromatic heterocycles. The molecule has 0 saturated heterocycles. The van der Waals surface area contributed by atoms with Crippen molar-refractivity contribution in [1.82, 2.24) is 10.6 Å². The van der Waals surface area contributed by atoms with E-state index in [-0.39, 0.29) is 120 Å². The first-order valence-electron chi connectivity index (χ1n) is 27.0. The summed E-state index contributed by atoms with van der Waals surface area (Å²) in [7, 11) is -8.61. The largest absolute Gasteiger partial charge is 0.481 e. The van der Waals surface area contributed by atoms with Gasteiger partial charge in [-0.15, -0.1) is 0 Å². The Hall–Kier alpha value is -6.04. The maximum absolute atomic E-state index is 14.9. The Bertz CT molecular complexity index is 3160. The second-order valence-electron chi connectivity index (χ2n) is 23.3. The summed E-state index contributed by atoms with van der Waals surface area (Å²) in [5, 5.41) is 23.9. The van der Waals surface area contributed by atoms with E-state index in [0.29, 0.717) is 39.5 Å². The third kappa shape index (κ3) is 10.3. The SMILES string of the molecule is CC(F)(c1ccc2c(c1)CC[C@H]1[C@H](C(=O)NCC3CC(C(=O)O)C3)CC[C@@]21S(=O)(=O)c1ccc(F)cc1)C(F)(F)F.CC(F)(c1ccc2c(c1)CC[C@H]1[C@H](C(=O)NCC3CC(C(=O)O)C3)CC[C@@]21S(=O)(=O)c1ccc(F)cc1)C(F)(F)F. The van der Waals surface area contributed by atoms with E-state index >= 15 is 0 Å². The number of hydrogen-bond acceptors (Lipinski definition) is 8. The number of aliphatic carboxylic acids is 2.